The second-order valence-electron chi connectivity index (χ2n) is 6.37. The molecule has 0 radical (unpaired) electrons. The molecule has 3 aromatic carbocycles. The third kappa shape index (κ3) is 2.78. The van der Waals surface area contributed by atoms with Crippen LogP contribution in [-0.2, 0) is 0 Å². The van der Waals surface area contributed by atoms with Gasteiger partial charge in [-0.2, -0.15) is 0 Å². The van der Waals surface area contributed by atoms with Crippen molar-refractivity contribution in [2.45, 2.75) is 32.8 Å². The highest BCUT2D eigenvalue weighted by atomic mass is 32.3. The van der Waals surface area contributed by atoms with Gasteiger partial charge in [-0.05, 0) is 72.8 Å². The summed E-state index contributed by atoms with van der Waals surface area (Å²) >= 11 is 0. The fourth-order valence-corrected chi connectivity index (χ4v) is 7.98. The van der Waals surface area contributed by atoms with E-state index in [0.717, 1.165) is 27.5 Å². The third-order valence-corrected chi connectivity index (χ3v) is 9.27. The van der Waals surface area contributed by atoms with E-state index in [-0.39, 0.29) is 22.7 Å². The van der Waals surface area contributed by atoms with Crippen LogP contribution in [0.1, 0.15) is 12.8 Å². The summed E-state index contributed by atoms with van der Waals surface area (Å²) in [5, 5.41) is 0.254. The van der Waals surface area contributed by atoms with E-state index < -0.39 is 10.0 Å². The molecule has 132 valence electrons. The van der Waals surface area contributed by atoms with Crippen LogP contribution >= 0.6 is 10.0 Å². The monoisotopic (exact) mass is 371 g/mol. The van der Waals surface area contributed by atoms with Crippen LogP contribution in [0.2, 0.25) is 0 Å². The molecule has 0 aliphatic heterocycles. The Morgan fingerprint density at radius 3 is 1.15 bits per heavy atom. The van der Waals surface area contributed by atoms with Crippen molar-refractivity contribution in [2.75, 3.05) is 0 Å². The summed E-state index contributed by atoms with van der Waals surface area (Å²) in [5.74, 6) is -0.881. The third-order valence-electron chi connectivity index (χ3n) is 4.89. The predicted molar refractivity (Wildman–Crippen MR) is 98.9 cm³/mol. The zero-order valence-corrected chi connectivity index (χ0v) is 14.9. The van der Waals surface area contributed by atoms with Crippen LogP contribution in [0.5, 0.6) is 0 Å². The van der Waals surface area contributed by atoms with Crippen molar-refractivity contribution in [3.63, 3.8) is 0 Å². The Bertz CT molecular complexity index is 771. The predicted octanol–water partition coefficient (Wildman–Crippen LogP) is 6.75. The molecule has 0 heterocycles. The first-order valence-corrected chi connectivity index (χ1v) is 10.2. The molecule has 1 fully saturated rings. The lowest BCUT2D eigenvalue weighted by Gasteiger charge is -2.46. The van der Waals surface area contributed by atoms with Crippen LogP contribution in [0.15, 0.2) is 87.5 Å². The van der Waals surface area contributed by atoms with Crippen LogP contribution in [0.25, 0.3) is 0 Å². The Kier molecular flexibility index (Phi) is 4.45. The van der Waals surface area contributed by atoms with Gasteiger partial charge in [0.1, 0.15) is 22.7 Å². The van der Waals surface area contributed by atoms with E-state index >= 15 is 0 Å². The average molecular weight is 371 g/mol. The largest absolute Gasteiger partial charge is 0.207 e. The summed E-state index contributed by atoms with van der Waals surface area (Å²) < 4.78 is 40.8. The molecule has 0 bridgehead atoms. The minimum atomic E-state index is -1.78. The van der Waals surface area contributed by atoms with Gasteiger partial charge in [0.25, 0.3) is 0 Å². The van der Waals surface area contributed by atoms with Gasteiger partial charge >= 0.3 is 0 Å². The first-order chi connectivity index (χ1) is 12.6. The molecule has 1 unspecified atom stereocenters. The molecule has 4 rings (SSSR count). The maximum absolute atomic E-state index is 13.6. The number of hydrogen-bond acceptors (Lipinski definition) is 0. The molecular formula is C22H18F3S+. The summed E-state index contributed by atoms with van der Waals surface area (Å²) in [7, 11) is -1.78. The van der Waals surface area contributed by atoms with Gasteiger partial charge in [0.15, 0.2) is 0 Å². The maximum atomic E-state index is 13.6. The molecule has 3 aromatic rings. The molecule has 0 spiro atoms. The molecule has 0 nitrogen and oxygen atoms in total. The van der Waals surface area contributed by atoms with Crippen LogP contribution in [0, 0.1) is 23.9 Å². The van der Waals surface area contributed by atoms with E-state index in [2.05, 4.69) is 6.42 Å². The van der Waals surface area contributed by atoms with Gasteiger partial charge in [0.2, 0.25) is 0 Å². The summed E-state index contributed by atoms with van der Waals surface area (Å²) in [4.78, 5) is 2.99. The molecule has 0 aromatic heterocycles. The molecule has 1 aliphatic carbocycles. The Hall–Kier alpha value is -2.33. The number of hydrogen-bond donors (Lipinski definition) is 0. The highest BCUT2D eigenvalue weighted by Gasteiger charge is 2.48. The Morgan fingerprint density at radius 1 is 0.615 bits per heavy atom. The molecular weight excluding hydrogens is 353 g/mol. The highest BCUT2D eigenvalue weighted by molar-refractivity contribution is 8.34. The van der Waals surface area contributed by atoms with Gasteiger partial charge in [-0.15, -0.1) is 10.0 Å². The minimum Gasteiger partial charge on any atom is -0.207 e. The Morgan fingerprint density at radius 2 is 0.923 bits per heavy atom. The molecule has 26 heavy (non-hydrogen) atoms. The summed E-state index contributed by atoms with van der Waals surface area (Å²) in [6.45, 7) is 0. The van der Waals surface area contributed by atoms with Gasteiger partial charge in [-0.3, -0.25) is 0 Å². The van der Waals surface area contributed by atoms with E-state index in [0.29, 0.717) is 0 Å². The fourth-order valence-electron chi connectivity index (χ4n) is 3.50. The SMILES string of the molecule is Fc1ccc(S(c2ccc(F)cc2)(c2ccc(F)cc2)C2[CH+]CC2)cc1. The van der Waals surface area contributed by atoms with Crippen molar-refractivity contribution in [3.05, 3.63) is 96.7 Å². The quantitative estimate of drug-likeness (QED) is 0.445. The summed E-state index contributed by atoms with van der Waals surface area (Å²) in [6.07, 6.45) is 4.29. The topological polar surface area (TPSA) is 0 Å². The lowest BCUT2D eigenvalue weighted by molar-refractivity contribution is 0.625. The lowest BCUT2D eigenvalue weighted by Crippen LogP contribution is -2.27. The smallest absolute Gasteiger partial charge is 0.143 e. The van der Waals surface area contributed by atoms with Crippen molar-refractivity contribution in [1.82, 2.24) is 0 Å². The molecule has 1 saturated carbocycles. The van der Waals surface area contributed by atoms with Gasteiger partial charge in [0.05, 0.1) is 12.8 Å². The van der Waals surface area contributed by atoms with E-state index in [1.807, 2.05) is 36.4 Å². The second-order valence-corrected chi connectivity index (χ2v) is 9.71. The molecule has 1 atom stereocenters. The summed E-state index contributed by atoms with van der Waals surface area (Å²) in [5.41, 5.74) is 0. The number of rotatable bonds is 4. The van der Waals surface area contributed by atoms with E-state index in [4.69, 9.17) is 0 Å². The van der Waals surface area contributed by atoms with Crippen molar-refractivity contribution >= 4 is 10.0 Å². The number of halogens is 3. The Labute approximate surface area is 153 Å². The molecule has 1 aliphatic rings. The summed E-state index contributed by atoms with van der Waals surface area (Å²) in [6, 6.07) is 19.6. The molecule has 0 amide bonds. The first-order valence-electron chi connectivity index (χ1n) is 8.53. The molecule has 4 heteroatoms. The van der Waals surface area contributed by atoms with Gasteiger partial charge in [0, 0.05) is 21.1 Å². The van der Waals surface area contributed by atoms with Crippen molar-refractivity contribution in [2.24, 2.45) is 0 Å². The minimum absolute atomic E-state index is 0.254. The van der Waals surface area contributed by atoms with Gasteiger partial charge in [-0.1, -0.05) is 0 Å². The first kappa shape index (κ1) is 17.1. The zero-order valence-electron chi connectivity index (χ0n) is 14.0. The van der Waals surface area contributed by atoms with Crippen molar-refractivity contribution in [3.8, 4) is 0 Å². The van der Waals surface area contributed by atoms with Gasteiger partial charge < -0.3 is 0 Å². The van der Waals surface area contributed by atoms with Crippen molar-refractivity contribution < 1.29 is 13.2 Å². The fraction of sp³-hybridized carbons (Fsp3) is 0.136. The van der Waals surface area contributed by atoms with Gasteiger partial charge in [-0.25, -0.2) is 13.2 Å². The van der Waals surface area contributed by atoms with E-state index in [9.17, 15) is 13.2 Å². The second kappa shape index (κ2) is 6.76. The molecule has 0 saturated heterocycles. The normalized spacial score (nSPS) is 17.3. The van der Waals surface area contributed by atoms with Crippen molar-refractivity contribution in [1.29, 1.82) is 0 Å². The van der Waals surface area contributed by atoms with Crippen LogP contribution in [-0.4, -0.2) is 5.25 Å². The van der Waals surface area contributed by atoms with E-state index in [1.165, 1.54) is 36.4 Å². The average Bonchev–Trinajstić information content (AvgIpc) is 2.60. The number of benzene rings is 3. The van der Waals surface area contributed by atoms with Crippen LogP contribution in [0.4, 0.5) is 13.2 Å². The maximum Gasteiger partial charge on any atom is 0.143 e. The Balaban J connectivity index is 2.00. The molecule has 0 N–H and O–H groups in total. The standard InChI is InChI=1S/C22H18F3S/c23-16-4-10-20(11-5-16)26(19-2-1-3-19,21-12-6-17(24)7-13-21)22-14-8-18(25)9-15-22/h2,4-15,19H,1,3H2/q+1. The lowest BCUT2D eigenvalue weighted by atomic mass is 10.00. The van der Waals surface area contributed by atoms with Crippen LogP contribution < -0.4 is 0 Å². The van der Waals surface area contributed by atoms with Crippen LogP contribution in [0.3, 0.4) is 0 Å². The van der Waals surface area contributed by atoms with E-state index in [1.54, 1.807) is 0 Å². The zero-order chi connectivity index (χ0) is 18.1. The highest BCUT2D eigenvalue weighted by Crippen LogP contribution is 2.74.